The number of fused-ring (bicyclic) bond motifs is 8. The van der Waals surface area contributed by atoms with Gasteiger partial charge in [0, 0.05) is 67.9 Å². The maximum absolute atomic E-state index is 2.62. The van der Waals surface area contributed by atoms with Gasteiger partial charge in [-0.05, 0) is 179 Å². The van der Waals surface area contributed by atoms with Crippen LogP contribution in [0.1, 0.15) is 63.9 Å². The van der Waals surface area contributed by atoms with E-state index in [1.807, 2.05) is 0 Å². The fraction of sp³-hybridized carbons (Fsp3) is 0.143. The van der Waals surface area contributed by atoms with Gasteiger partial charge in [-0.2, -0.15) is 0 Å². The highest BCUT2D eigenvalue weighted by Gasteiger charge is 2.50. The van der Waals surface area contributed by atoms with Gasteiger partial charge in [-0.25, -0.2) is 0 Å². The Kier molecular flexibility index (Phi) is 10.8. The number of hydrogen-bond acceptors (Lipinski definition) is 4. The van der Waals surface area contributed by atoms with Gasteiger partial charge >= 0.3 is 0 Å². The molecule has 2 aliphatic heterocycles. The van der Waals surface area contributed by atoms with Crippen LogP contribution in [0.25, 0.3) is 11.1 Å². The lowest BCUT2D eigenvalue weighted by Crippen LogP contribution is -2.63. The lowest BCUT2D eigenvalue weighted by Gasteiger charge is -2.47. The van der Waals surface area contributed by atoms with Gasteiger partial charge in [-0.15, -0.1) is 0 Å². The van der Waals surface area contributed by atoms with Gasteiger partial charge in [0.15, 0.2) is 0 Å². The molecule has 1 aliphatic carbocycles. The molecule has 5 heteroatoms. The summed E-state index contributed by atoms with van der Waals surface area (Å²) in [7, 11) is 0. The van der Waals surface area contributed by atoms with Crippen molar-refractivity contribution in [1.29, 1.82) is 0 Å². The molecular formula is C70H61BN4. The summed E-state index contributed by atoms with van der Waals surface area (Å²) in [5, 5.41) is 0. The number of nitrogens with zero attached hydrogens (tertiary/aromatic N) is 4. The zero-order valence-electron chi connectivity index (χ0n) is 44.5. The van der Waals surface area contributed by atoms with Crippen LogP contribution in [-0.2, 0) is 5.41 Å². The SMILES string of the molecule is Cc1ccc(N(c2ccc(C)cc2)c2cc3c4c(c2)N(c2ccc(C)cc2)c2cc(N(c5ccc(C)cc5)c5ccc(C)cc5)c5c(c2B4c2cc(C)ccc2N3c2ccc(C)cc2)C(C)(C)c2ccccc2-5)cc1. The first-order chi connectivity index (χ1) is 36.3. The Morgan fingerprint density at radius 3 is 1.24 bits per heavy atom. The van der Waals surface area contributed by atoms with Crippen molar-refractivity contribution >= 4 is 91.3 Å². The molecule has 0 radical (unpaired) electrons. The maximum Gasteiger partial charge on any atom is 0.252 e. The van der Waals surface area contributed by atoms with Crippen molar-refractivity contribution in [2.24, 2.45) is 0 Å². The molecule has 75 heavy (non-hydrogen) atoms. The van der Waals surface area contributed by atoms with E-state index < -0.39 is 0 Å². The van der Waals surface area contributed by atoms with Crippen LogP contribution in [0.3, 0.4) is 0 Å². The van der Waals surface area contributed by atoms with Crippen molar-refractivity contribution in [3.63, 3.8) is 0 Å². The number of aryl methyl sites for hydroxylation is 7. The number of anilines is 12. The van der Waals surface area contributed by atoms with Crippen LogP contribution in [0.15, 0.2) is 206 Å². The van der Waals surface area contributed by atoms with Gasteiger partial charge in [-0.3, -0.25) is 0 Å². The number of rotatable bonds is 8. The molecule has 0 atom stereocenters. The summed E-state index contributed by atoms with van der Waals surface area (Å²) < 4.78 is 0. The number of hydrogen-bond donors (Lipinski definition) is 0. The van der Waals surface area contributed by atoms with Gasteiger partial charge in [0.2, 0.25) is 0 Å². The quantitative estimate of drug-likeness (QED) is 0.141. The van der Waals surface area contributed by atoms with Crippen LogP contribution in [0.4, 0.5) is 68.2 Å². The van der Waals surface area contributed by atoms with Crippen molar-refractivity contribution in [2.45, 2.75) is 67.7 Å². The lowest BCUT2D eigenvalue weighted by atomic mass is 9.32. The molecule has 0 fully saturated rings. The van der Waals surface area contributed by atoms with Gasteiger partial charge in [0.1, 0.15) is 0 Å². The first kappa shape index (κ1) is 46.3. The molecule has 0 bridgehead atoms. The van der Waals surface area contributed by atoms with E-state index in [0.29, 0.717) is 0 Å². The lowest BCUT2D eigenvalue weighted by molar-refractivity contribution is 0.664. The standard InChI is InChI=1S/C70H61BN4/c1-44-14-27-51(28-15-44)72(52-29-16-45(2)17-30-52)57-41-63-68-64(42-57)75(56-37-24-49(6)25-38-56)65-43-62(73(53-31-18-46(3)19-32-53)54-33-20-47(4)21-34-54)66-58-12-10-11-13-59(58)70(8,9)67(66)69(65)71(68)60-40-50(7)26-39-61(60)74(63)55-35-22-48(5)23-36-55/h10-43H,1-9H3. The molecule has 13 rings (SSSR count). The van der Waals surface area contributed by atoms with Crippen molar-refractivity contribution < 1.29 is 0 Å². The largest absolute Gasteiger partial charge is 0.311 e. The van der Waals surface area contributed by atoms with Crippen LogP contribution in [-0.4, -0.2) is 6.71 Å². The predicted molar refractivity (Wildman–Crippen MR) is 321 cm³/mol. The minimum Gasteiger partial charge on any atom is -0.311 e. The average Bonchev–Trinajstić information content (AvgIpc) is 3.96. The Bertz CT molecular complexity index is 3770. The molecule has 0 saturated heterocycles. The van der Waals surface area contributed by atoms with Crippen LogP contribution >= 0.6 is 0 Å². The summed E-state index contributed by atoms with van der Waals surface area (Å²) in [6.07, 6.45) is 0. The minimum atomic E-state index is -0.374. The molecule has 0 saturated carbocycles. The Balaban J connectivity index is 1.21. The second-order valence-electron chi connectivity index (χ2n) is 22.0. The van der Waals surface area contributed by atoms with Crippen molar-refractivity contribution in [3.05, 3.63) is 256 Å². The van der Waals surface area contributed by atoms with E-state index >= 15 is 0 Å². The topological polar surface area (TPSA) is 13.0 Å². The Morgan fingerprint density at radius 1 is 0.360 bits per heavy atom. The van der Waals surface area contributed by atoms with E-state index in [-0.39, 0.29) is 12.1 Å². The van der Waals surface area contributed by atoms with Crippen molar-refractivity contribution in [1.82, 2.24) is 0 Å². The highest BCUT2D eigenvalue weighted by atomic mass is 15.2. The average molecular weight is 969 g/mol. The fourth-order valence-corrected chi connectivity index (χ4v) is 12.4. The zero-order chi connectivity index (χ0) is 51.4. The molecule has 10 aromatic carbocycles. The second-order valence-corrected chi connectivity index (χ2v) is 22.0. The van der Waals surface area contributed by atoms with E-state index in [1.165, 1.54) is 94.6 Å². The Morgan fingerprint density at radius 2 is 0.760 bits per heavy atom. The second kappa shape index (κ2) is 17.6. The molecule has 2 heterocycles. The summed E-state index contributed by atoms with van der Waals surface area (Å²) in [5.74, 6) is 0. The van der Waals surface area contributed by atoms with Crippen LogP contribution < -0.4 is 36.0 Å². The molecule has 4 nitrogen and oxygen atoms in total. The highest BCUT2D eigenvalue weighted by molar-refractivity contribution is 7.00. The molecule has 0 unspecified atom stereocenters. The van der Waals surface area contributed by atoms with Crippen molar-refractivity contribution in [2.75, 3.05) is 19.6 Å². The molecule has 3 aliphatic rings. The summed E-state index contributed by atoms with van der Waals surface area (Å²) in [5.41, 5.74) is 31.2. The fourth-order valence-electron chi connectivity index (χ4n) is 12.4. The molecule has 10 aromatic rings. The smallest absolute Gasteiger partial charge is 0.252 e. The third kappa shape index (κ3) is 7.50. The minimum absolute atomic E-state index is 0.117. The molecule has 0 amide bonds. The van der Waals surface area contributed by atoms with Gasteiger partial charge in [-0.1, -0.05) is 162 Å². The normalized spacial score (nSPS) is 13.4. The van der Waals surface area contributed by atoms with Gasteiger partial charge in [0.05, 0.1) is 11.4 Å². The highest BCUT2D eigenvalue weighted by Crippen LogP contribution is 2.58. The monoisotopic (exact) mass is 968 g/mol. The molecule has 0 aromatic heterocycles. The zero-order valence-corrected chi connectivity index (χ0v) is 44.5. The van der Waals surface area contributed by atoms with E-state index in [1.54, 1.807) is 0 Å². The third-order valence-corrected chi connectivity index (χ3v) is 16.2. The van der Waals surface area contributed by atoms with E-state index in [4.69, 9.17) is 0 Å². The molecule has 0 N–H and O–H groups in total. The van der Waals surface area contributed by atoms with E-state index in [2.05, 4.69) is 288 Å². The van der Waals surface area contributed by atoms with Gasteiger partial charge in [0.25, 0.3) is 6.71 Å². The first-order valence-corrected chi connectivity index (χ1v) is 26.5. The summed E-state index contributed by atoms with van der Waals surface area (Å²) >= 11 is 0. The maximum atomic E-state index is 2.62. The van der Waals surface area contributed by atoms with E-state index in [9.17, 15) is 0 Å². The van der Waals surface area contributed by atoms with Crippen LogP contribution in [0.2, 0.25) is 0 Å². The summed E-state index contributed by atoms with van der Waals surface area (Å²) in [6.45, 7) is 20.1. The predicted octanol–water partition coefficient (Wildman–Crippen LogP) is 17.2. The third-order valence-electron chi connectivity index (χ3n) is 16.2. The van der Waals surface area contributed by atoms with Crippen LogP contribution in [0, 0.1) is 48.5 Å². The summed E-state index contributed by atoms with van der Waals surface area (Å²) in [4.78, 5) is 10.2. The number of benzene rings is 10. The summed E-state index contributed by atoms with van der Waals surface area (Å²) in [6, 6.07) is 78.4. The van der Waals surface area contributed by atoms with Crippen molar-refractivity contribution in [3.8, 4) is 11.1 Å². The Hall–Kier alpha value is -8.54. The molecule has 364 valence electrons. The first-order valence-electron chi connectivity index (χ1n) is 26.5. The molecular weight excluding hydrogens is 908 g/mol. The Labute approximate surface area is 443 Å². The molecule has 0 spiro atoms. The van der Waals surface area contributed by atoms with Crippen LogP contribution in [0.5, 0.6) is 0 Å². The van der Waals surface area contributed by atoms with E-state index in [0.717, 1.165) is 51.2 Å². The van der Waals surface area contributed by atoms with Gasteiger partial charge < -0.3 is 19.6 Å².